The highest BCUT2D eigenvalue weighted by Gasteiger charge is 2.46. The highest BCUT2D eigenvalue weighted by molar-refractivity contribution is 5.82. The van der Waals surface area contributed by atoms with Crippen LogP contribution in [-0.2, 0) is 21.5 Å². The van der Waals surface area contributed by atoms with Crippen molar-refractivity contribution in [2.24, 2.45) is 0 Å². The van der Waals surface area contributed by atoms with Crippen LogP contribution in [0.25, 0.3) is 0 Å². The van der Waals surface area contributed by atoms with Gasteiger partial charge in [-0.25, -0.2) is 4.79 Å². The van der Waals surface area contributed by atoms with Crippen molar-refractivity contribution < 1.29 is 32.6 Å². The van der Waals surface area contributed by atoms with Crippen molar-refractivity contribution in [2.75, 3.05) is 19.6 Å². The lowest BCUT2D eigenvalue weighted by molar-refractivity contribution is -0.200. The number of amides is 1. The third kappa shape index (κ3) is 5.15. The Labute approximate surface area is 204 Å². The molecular weight excluding hydrogens is 461 g/mol. The topological polar surface area (TPSA) is 70.1 Å². The Hall–Kier alpha value is -2.29. The van der Waals surface area contributed by atoms with Crippen molar-refractivity contribution in [2.45, 2.75) is 95.0 Å². The third-order valence-electron chi connectivity index (χ3n) is 8.36. The number of piperidine rings is 1. The summed E-state index contributed by atoms with van der Waals surface area (Å²) in [6.45, 7) is 5.17. The van der Waals surface area contributed by atoms with Crippen molar-refractivity contribution in [3.05, 3.63) is 34.9 Å². The maximum absolute atomic E-state index is 12.8. The number of aliphatic carboxylic acids is 1. The molecule has 9 heteroatoms. The number of benzene rings is 1. The summed E-state index contributed by atoms with van der Waals surface area (Å²) in [6, 6.07) is 6.18. The van der Waals surface area contributed by atoms with Gasteiger partial charge in [-0.15, -0.1) is 0 Å². The maximum Gasteiger partial charge on any atom is 0.425 e. The second-order valence-corrected chi connectivity index (χ2v) is 10.6. The highest BCUT2D eigenvalue weighted by Crippen LogP contribution is 2.43. The van der Waals surface area contributed by atoms with E-state index >= 15 is 0 Å². The molecule has 1 spiro atoms. The Bertz CT molecular complexity index is 950. The quantitative estimate of drug-likeness (QED) is 0.590. The van der Waals surface area contributed by atoms with Gasteiger partial charge in [0.15, 0.2) is 6.10 Å². The molecule has 2 saturated heterocycles. The summed E-state index contributed by atoms with van der Waals surface area (Å²) in [6.07, 6.45) is -1.07. The Balaban J connectivity index is 1.45. The molecule has 4 rings (SSSR count). The Morgan fingerprint density at radius 2 is 1.69 bits per heavy atom. The molecular formula is C26H35F3N2O4. The first-order valence-electron chi connectivity index (χ1n) is 12.6. The van der Waals surface area contributed by atoms with Gasteiger partial charge in [-0.05, 0) is 70.0 Å². The monoisotopic (exact) mass is 496 g/mol. The molecule has 6 nitrogen and oxygen atoms in total. The normalized spacial score (nSPS) is 22.9. The zero-order valence-corrected chi connectivity index (χ0v) is 20.5. The van der Waals surface area contributed by atoms with Crippen LogP contribution >= 0.6 is 0 Å². The number of rotatable bonds is 5. The largest absolute Gasteiger partial charge is 0.481 e. The Morgan fingerprint density at radius 1 is 1.03 bits per heavy atom. The molecule has 0 aromatic heterocycles. The van der Waals surface area contributed by atoms with Crippen molar-refractivity contribution in [3.63, 3.8) is 0 Å². The van der Waals surface area contributed by atoms with Crippen LogP contribution < -0.4 is 0 Å². The standard InChI is InChI=1S/C26H35F3N2O4/c1-18-14-20(16-21(15-18)25(22(32)33)7-3-4-8-25)17-31-11-5-6-24(31)9-12-30(13-10-24)23(34)35-19(2)26(27,28)29/h14-16,19H,3-13,17H2,1-2H3,(H,32,33). The third-order valence-corrected chi connectivity index (χ3v) is 8.36. The molecule has 0 bridgehead atoms. The van der Waals surface area contributed by atoms with E-state index in [2.05, 4.69) is 21.8 Å². The summed E-state index contributed by atoms with van der Waals surface area (Å²) in [4.78, 5) is 28.3. The van der Waals surface area contributed by atoms with Gasteiger partial charge in [0.25, 0.3) is 0 Å². The van der Waals surface area contributed by atoms with Crippen LogP contribution in [0.1, 0.15) is 75.0 Å². The number of hydrogen-bond donors (Lipinski definition) is 1. The molecule has 1 amide bonds. The number of carboxylic acids is 1. The fraction of sp³-hybridized carbons (Fsp3) is 0.692. The van der Waals surface area contributed by atoms with Crippen LogP contribution in [0.4, 0.5) is 18.0 Å². The van der Waals surface area contributed by atoms with Crippen molar-refractivity contribution >= 4 is 12.1 Å². The minimum atomic E-state index is -4.57. The average Bonchev–Trinajstić information content (AvgIpc) is 3.42. The van der Waals surface area contributed by atoms with E-state index < -0.39 is 29.8 Å². The average molecular weight is 497 g/mol. The summed E-state index contributed by atoms with van der Waals surface area (Å²) in [5.41, 5.74) is 2.13. The molecule has 1 aliphatic carbocycles. The number of aryl methyl sites for hydroxylation is 1. The van der Waals surface area contributed by atoms with Crippen LogP contribution in [0.5, 0.6) is 0 Å². The van der Waals surface area contributed by atoms with E-state index in [-0.39, 0.29) is 5.54 Å². The first-order valence-corrected chi connectivity index (χ1v) is 12.6. The second-order valence-electron chi connectivity index (χ2n) is 10.6. The molecule has 1 aromatic carbocycles. The predicted octanol–water partition coefficient (Wildman–Crippen LogP) is 5.41. The molecule has 1 N–H and O–H groups in total. The molecule has 1 unspecified atom stereocenters. The van der Waals surface area contributed by atoms with Gasteiger partial charge in [0.1, 0.15) is 0 Å². The van der Waals surface area contributed by atoms with Crippen molar-refractivity contribution in [1.82, 2.24) is 9.80 Å². The van der Waals surface area contributed by atoms with Crippen LogP contribution in [0.15, 0.2) is 18.2 Å². The number of nitrogens with zero attached hydrogens (tertiary/aromatic N) is 2. The number of carbonyl (C=O) groups is 2. The van der Waals surface area contributed by atoms with Crippen molar-refractivity contribution in [3.8, 4) is 0 Å². The Kier molecular flexibility index (Phi) is 7.10. The molecule has 2 aliphatic heterocycles. The van der Waals surface area contributed by atoms with Gasteiger partial charge in [0, 0.05) is 25.2 Å². The first kappa shape index (κ1) is 25.8. The summed E-state index contributed by atoms with van der Waals surface area (Å²) in [5.74, 6) is -0.747. The van der Waals surface area contributed by atoms with Crippen LogP contribution in [0, 0.1) is 6.92 Å². The summed E-state index contributed by atoms with van der Waals surface area (Å²) in [5, 5.41) is 10.0. The second kappa shape index (κ2) is 9.64. The van der Waals surface area contributed by atoms with E-state index in [4.69, 9.17) is 0 Å². The fourth-order valence-electron chi connectivity index (χ4n) is 6.26. The number of likely N-dealkylation sites (tertiary alicyclic amines) is 2. The predicted molar refractivity (Wildman–Crippen MR) is 124 cm³/mol. The molecule has 194 valence electrons. The highest BCUT2D eigenvalue weighted by atomic mass is 19.4. The van der Waals surface area contributed by atoms with E-state index in [0.29, 0.717) is 45.3 Å². The fourth-order valence-corrected chi connectivity index (χ4v) is 6.26. The van der Waals surface area contributed by atoms with Gasteiger partial charge >= 0.3 is 18.2 Å². The molecule has 1 aromatic rings. The lowest BCUT2D eigenvalue weighted by Crippen LogP contribution is -2.53. The lowest BCUT2D eigenvalue weighted by atomic mass is 9.77. The SMILES string of the molecule is Cc1cc(CN2CCCC23CCN(C(=O)OC(C)C(F)(F)F)CC3)cc(C2(C(=O)O)CCCC2)c1. The smallest absolute Gasteiger partial charge is 0.425 e. The van der Waals surface area contributed by atoms with Gasteiger partial charge in [-0.3, -0.25) is 9.69 Å². The van der Waals surface area contributed by atoms with E-state index in [9.17, 15) is 27.9 Å². The molecule has 2 heterocycles. The number of carboxylic acid groups (broad SMARTS) is 1. The number of carbonyl (C=O) groups excluding carboxylic acids is 1. The van der Waals surface area contributed by atoms with Gasteiger partial charge in [0.05, 0.1) is 5.41 Å². The summed E-state index contributed by atoms with van der Waals surface area (Å²) < 4.78 is 42.9. The van der Waals surface area contributed by atoms with E-state index in [0.717, 1.165) is 55.8 Å². The molecule has 1 atom stereocenters. The molecule has 3 aliphatic rings. The number of alkyl halides is 3. The molecule has 0 radical (unpaired) electrons. The lowest BCUT2D eigenvalue weighted by Gasteiger charge is -2.45. The van der Waals surface area contributed by atoms with E-state index in [1.807, 2.05) is 13.0 Å². The van der Waals surface area contributed by atoms with Crippen LogP contribution in [0.3, 0.4) is 0 Å². The number of hydrogen-bond acceptors (Lipinski definition) is 4. The van der Waals surface area contributed by atoms with Crippen molar-refractivity contribution in [1.29, 1.82) is 0 Å². The van der Waals surface area contributed by atoms with Gasteiger partial charge in [-0.1, -0.05) is 36.6 Å². The zero-order chi connectivity index (χ0) is 25.4. The van der Waals surface area contributed by atoms with Crippen LogP contribution in [0.2, 0.25) is 0 Å². The van der Waals surface area contributed by atoms with Gasteiger partial charge < -0.3 is 14.7 Å². The van der Waals surface area contributed by atoms with Gasteiger partial charge in [-0.2, -0.15) is 13.2 Å². The molecule has 1 saturated carbocycles. The summed E-state index contributed by atoms with van der Waals surface area (Å²) >= 11 is 0. The zero-order valence-electron chi connectivity index (χ0n) is 20.5. The molecule has 3 fully saturated rings. The number of ether oxygens (including phenoxy) is 1. The number of halogens is 3. The maximum atomic E-state index is 12.8. The Morgan fingerprint density at radius 3 is 2.29 bits per heavy atom. The van der Waals surface area contributed by atoms with E-state index in [1.54, 1.807) is 0 Å². The first-order chi connectivity index (χ1) is 16.4. The summed E-state index contributed by atoms with van der Waals surface area (Å²) in [7, 11) is 0. The molecule has 35 heavy (non-hydrogen) atoms. The van der Waals surface area contributed by atoms with Gasteiger partial charge in [0.2, 0.25) is 0 Å². The minimum Gasteiger partial charge on any atom is -0.481 e. The van der Waals surface area contributed by atoms with Crippen LogP contribution in [-0.4, -0.2) is 64.4 Å². The minimum absolute atomic E-state index is 0.103. The van der Waals surface area contributed by atoms with E-state index in [1.165, 1.54) is 4.90 Å².